The van der Waals surface area contributed by atoms with Crippen molar-refractivity contribution in [3.8, 4) is 6.07 Å². The maximum Gasteiger partial charge on any atom is 0.271 e. The molecule has 3 rings (SSSR count). The quantitative estimate of drug-likeness (QED) is 0.672. The van der Waals surface area contributed by atoms with E-state index in [2.05, 4.69) is 10.3 Å². The molecule has 1 atom stereocenters. The van der Waals surface area contributed by atoms with Gasteiger partial charge in [0.1, 0.15) is 11.7 Å². The fourth-order valence-electron chi connectivity index (χ4n) is 3.07. The highest BCUT2D eigenvalue weighted by molar-refractivity contribution is 7.13. The van der Waals surface area contributed by atoms with E-state index in [1.807, 2.05) is 11.0 Å². The number of carbonyl (C=O) groups excluding carboxylic acids is 2. The van der Waals surface area contributed by atoms with Crippen LogP contribution >= 0.6 is 34.5 Å². The van der Waals surface area contributed by atoms with E-state index in [0.717, 1.165) is 10.5 Å². The summed E-state index contributed by atoms with van der Waals surface area (Å²) in [5, 5.41) is 14.3. The van der Waals surface area contributed by atoms with E-state index in [-0.39, 0.29) is 5.69 Å². The zero-order valence-electron chi connectivity index (χ0n) is 16.2. The number of alkyl halides is 2. The van der Waals surface area contributed by atoms with Gasteiger partial charge in [0.15, 0.2) is 5.13 Å². The van der Waals surface area contributed by atoms with E-state index in [9.17, 15) is 18.4 Å². The van der Waals surface area contributed by atoms with E-state index in [1.54, 1.807) is 25.2 Å². The molecule has 0 unspecified atom stereocenters. The first kappa shape index (κ1) is 23.2. The molecule has 0 spiro atoms. The molecular formula is C19H17Cl2F2N5O2S. The molecule has 7 nitrogen and oxygen atoms in total. The Hall–Kier alpha value is -2.48. The van der Waals surface area contributed by atoms with Crippen LogP contribution in [0.25, 0.3) is 0 Å². The van der Waals surface area contributed by atoms with Gasteiger partial charge in [-0.05, 0) is 17.7 Å². The monoisotopic (exact) mass is 487 g/mol. The van der Waals surface area contributed by atoms with Crippen LogP contribution in [0.5, 0.6) is 0 Å². The first-order valence-electron chi connectivity index (χ1n) is 9.05. The third-order valence-electron chi connectivity index (χ3n) is 4.59. The number of amides is 2. The largest absolute Gasteiger partial charge is 0.347 e. The molecule has 12 heteroatoms. The molecule has 1 saturated heterocycles. The molecule has 1 fully saturated rings. The smallest absolute Gasteiger partial charge is 0.271 e. The van der Waals surface area contributed by atoms with Crippen molar-refractivity contribution in [3.05, 3.63) is 44.9 Å². The summed E-state index contributed by atoms with van der Waals surface area (Å²) >= 11 is 13.2. The van der Waals surface area contributed by atoms with Gasteiger partial charge in [0, 0.05) is 25.4 Å². The second-order valence-electron chi connectivity index (χ2n) is 7.03. The molecule has 1 aromatic carbocycles. The highest BCUT2D eigenvalue weighted by Crippen LogP contribution is 2.31. The van der Waals surface area contributed by atoms with Crippen LogP contribution in [-0.4, -0.2) is 53.8 Å². The molecule has 2 aromatic rings. The molecular weight excluding hydrogens is 471 g/mol. The molecule has 2 amide bonds. The lowest BCUT2D eigenvalue weighted by Crippen LogP contribution is -2.43. The molecule has 1 aliphatic rings. The second-order valence-corrected chi connectivity index (χ2v) is 8.68. The summed E-state index contributed by atoms with van der Waals surface area (Å²) in [4.78, 5) is 31.4. The van der Waals surface area contributed by atoms with Gasteiger partial charge in [0.05, 0.1) is 29.2 Å². The third-order valence-corrected chi connectivity index (χ3v) is 6.29. The minimum absolute atomic E-state index is 0.0948. The van der Waals surface area contributed by atoms with Crippen LogP contribution in [0.4, 0.5) is 13.9 Å². The Morgan fingerprint density at radius 3 is 2.84 bits per heavy atom. The van der Waals surface area contributed by atoms with Gasteiger partial charge >= 0.3 is 0 Å². The van der Waals surface area contributed by atoms with Gasteiger partial charge in [-0.3, -0.25) is 9.59 Å². The number of benzene rings is 1. The lowest BCUT2D eigenvalue weighted by Gasteiger charge is -2.19. The van der Waals surface area contributed by atoms with Crippen molar-refractivity contribution in [2.75, 3.05) is 25.0 Å². The average Bonchev–Trinajstić information content (AvgIpc) is 3.33. The van der Waals surface area contributed by atoms with Gasteiger partial charge in [-0.1, -0.05) is 29.3 Å². The summed E-state index contributed by atoms with van der Waals surface area (Å²) in [7, 11) is 1.79. The molecule has 0 bridgehead atoms. The van der Waals surface area contributed by atoms with Gasteiger partial charge in [0.2, 0.25) is 5.91 Å². The van der Waals surface area contributed by atoms with Crippen LogP contribution in [-0.2, 0) is 11.3 Å². The van der Waals surface area contributed by atoms with E-state index in [0.29, 0.717) is 21.7 Å². The van der Waals surface area contributed by atoms with Crippen molar-refractivity contribution in [1.29, 1.82) is 5.26 Å². The molecule has 1 aromatic heterocycles. The SMILES string of the molecule is CN(Cc1ccc(Cl)c(Cl)c1)c1nc(C(=O)NCC(=O)N2CC(F)(F)C[C@H]2C#N)cs1. The lowest BCUT2D eigenvalue weighted by molar-refractivity contribution is -0.131. The maximum absolute atomic E-state index is 13.5. The topological polar surface area (TPSA) is 89.3 Å². The fourth-order valence-corrected chi connectivity index (χ4v) is 4.16. The Bertz CT molecular complexity index is 1040. The number of carbonyl (C=O) groups is 2. The number of nitrogens with zero attached hydrogens (tertiary/aromatic N) is 4. The predicted molar refractivity (Wildman–Crippen MR) is 114 cm³/mol. The first-order chi connectivity index (χ1) is 14.6. The molecule has 164 valence electrons. The van der Waals surface area contributed by atoms with Crippen molar-refractivity contribution >= 4 is 51.5 Å². The number of hydrogen-bond acceptors (Lipinski definition) is 6. The fraction of sp³-hybridized carbons (Fsp3) is 0.368. The Balaban J connectivity index is 1.57. The van der Waals surface area contributed by atoms with Crippen molar-refractivity contribution in [3.63, 3.8) is 0 Å². The second kappa shape index (κ2) is 9.34. The number of thiazole rings is 1. The summed E-state index contributed by atoms with van der Waals surface area (Å²) < 4.78 is 26.9. The standard InChI is InChI=1S/C19H17Cl2F2N5O2S/c1-27(8-11-2-3-13(20)14(21)4-11)18-26-15(9-31-18)17(30)25-7-16(29)28-10-19(22,23)5-12(28)6-24/h2-4,9,12H,5,7-8,10H2,1H3,(H,25,30)/t12-/m0/s1. The summed E-state index contributed by atoms with van der Waals surface area (Å²) in [6, 6.07) is 5.74. The Morgan fingerprint density at radius 2 is 2.16 bits per heavy atom. The maximum atomic E-state index is 13.5. The average molecular weight is 488 g/mol. The van der Waals surface area contributed by atoms with Crippen molar-refractivity contribution in [1.82, 2.24) is 15.2 Å². The normalized spacial score (nSPS) is 17.3. The summed E-state index contributed by atoms with van der Waals surface area (Å²) in [6.07, 6.45) is -0.705. The Kier molecular flexibility index (Phi) is 6.99. The summed E-state index contributed by atoms with van der Waals surface area (Å²) in [5.74, 6) is -4.47. The number of hydrogen-bond donors (Lipinski definition) is 1. The molecule has 1 aliphatic heterocycles. The van der Waals surface area contributed by atoms with Crippen molar-refractivity contribution < 1.29 is 18.4 Å². The van der Waals surface area contributed by atoms with Crippen LogP contribution in [0.2, 0.25) is 10.0 Å². The number of rotatable bonds is 6. The zero-order chi connectivity index (χ0) is 22.8. The summed E-state index contributed by atoms with van der Waals surface area (Å²) in [6.45, 7) is -0.859. The van der Waals surface area contributed by atoms with Gasteiger partial charge in [0.25, 0.3) is 11.8 Å². The van der Waals surface area contributed by atoms with Crippen LogP contribution in [0, 0.1) is 11.3 Å². The third kappa shape index (κ3) is 5.61. The molecule has 0 radical (unpaired) electrons. The number of halogens is 4. The van der Waals surface area contributed by atoms with E-state index >= 15 is 0 Å². The van der Waals surface area contributed by atoms with Gasteiger partial charge < -0.3 is 15.1 Å². The Labute approximate surface area is 191 Å². The van der Waals surface area contributed by atoms with E-state index in [1.165, 1.54) is 16.7 Å². The lowest BCUT2D eigenvalue weighted by atomic mass is 10.2. The van der Waals surface area contributed by atoms with Crippen LogP contribution in [0.3, 0.4) is 0 Å². The molecule has 31 heavy (non-hydrogen) atoms. The van der Waals surface area contributed by atoms with Crippen molar-refractivity contribution in [2.45, 2.75) is 24.9 Å². The van der Waals surface area contributed by atoms with Gasteiger partial charge in [-0.2, -0.15) is 5.26 Å². The minimum Gasteiger partial charge on any atom is -0.347 e. The van der Waals surface area contributed by atoms with Crippen LogP contribution in [0.15, 0.2) is 23.6 Å². The molecule has 2 heterocycles. The number of nitriles is 1. The first-order valence-corrected chi connectivity index (χ1v) is 10.7. The van der Waals surface area contributed by atoms with Gasteiger partial charge in [-0.15, -0.1) is 11.3 Å². The number of likely N-dealkylation sites (tertiary alicyclic amines) is 1. The van der Waals surface area contributed by atoms with Crippen molar-refractivity contribution in [2.24, 2.45) is 0 Å². The number of nitrogens with one attached hydrogen (secondary N) is 1. The molecule has 0 saturated carbocycles. The number of aromatic nitrogens is 1. The highest BCUT2D eigenvalue weighted by atomic mass is 35.5. The minimum atomic E-state index is -3.11. The van der Waals surface area contributed by atoms with E-state index in [4.69, 9.17) is 28.5 Å². The van der Waals surface area contributed by atoms with Crippen LogP contribution < -0.4 is 10.2 Å². The van der Waals surface area contributed by atoms with E-state index < -0.39 is 43.3 Å². The zero-order valence-corrected chi connectivity index (χ0v) is 18.6. The molecule has 0 aliphatic carbocycles. The molecule has 1 N–H and O–H groups in total. The van der Waals surface area contributed by atoms with Crippen LogP contribution in [0.1, 0.15) is 22.5 Å². The number of anilines is 1. The summed E-state index contributed by atoms with van der Waals surface area (Å²) in [5.41, 5.74) is 0.996. The predicted octanol–water partition coefficient (Wildman–Crippen LogP) is 3.58. The van der Waals surface area contributed by atoms with Gasteiger partial charge in [-0.25, -0.2) is 13.8 Å². The Morgan fingerprint density at radius 1 is 1.42 bits per heavy atom. The highest BCUT2D eigenvalue weighted by Gasteiger charge is 2.47.